The lowest BCUT2D eigenvalue weighted by molar-refractivity contribution is 0.845. The van der Waals surface area contributed by atoms with Crippen LogP contribution in [0, 0.1) is 6.92 Å². The molecule has 1 aromatic carbocycles. The number of likely N-dealkylation sites (N-methyl/N-ethyl adjacent to an activating group) is 1. The van der Waals surface area contributed by atoms with Crippen LogP contribution in [-0.4, -0.2) is 30.1 Å². The van der Waals surface area contributed by atoms with Gasteiger partial charge in [0, 0.05) is 31.9 Å². The van der Waals surface area contributed by atoms with E-state index < -0.39 is 0 Å². The Morgan fingerprint density at radius 3 is 2.61 bits per heavy atom. The highest BCUT2D eigenvalue weighted by atomic mass is 15.2. The van der Waals surface area contributed by atoms with Gasteiger partial charge in [0.1, 0.15) is 0 Å². The number of aromatic nitrogens is 2. The molecule has 0 saturated carbocycles. The van der Waals surface area contributed by atoms with Crippen molar-refractivity contribution >= 4 is 5.95 Å². The predicted molar refractivity (Wildman–Crippen MR) is 74.5 cm³/mol. The van der Waals surface area contributed by atoms with Gasteiger partial charge >= 0.3 is 0 Å². The molecule has 2 N–H and O–H groups in total. The van der Waals surface area contributed by atoms with E-state index in [1.807, 2.05) is 43.3 Å². The second kappa shape index (κ2) is 5.60. The highest BCUT2D eigenvalue weighted by Crippen LogP contribution is 2.21. The number of benzene rings is 1. The van der Waals surface area contributed by atoms with Crippen molar-refractivity contribution < 1.29 is 0 Å². The Balaban J connectivity index is 2.39. The van der Waals surface area contributed by atoms with E-state index in [-0.39, 0.29) is 0 Å². The van der Waals surface area contributed by atoms with Gasteiger partial charge in [-0.1, -0.05) is 30.3 Å². The van der Waals surface area contributed by atoms with E-state index in [1.54, 1.807) is 0 Å². The van der Waals surface area contributed by atoms with Crippen molar-refractivity contribution in [3.63, 3.8) is 0 Å². The molecular weight excluding hydrogens is 224 g/mol. The van der Waals surface area contributed by atoms with Crippen molar-refractivity contribution in [2.45, 2.75) is 6.92 Å². The van der Waals surface area contributed by atoms with Crippen molar-refractivity contribution in [2.75, 3.05) is 25.0 Å². The Bertz CT molecular complexity index is 510. The molecule has 2 rings (SSSR count). The molecule has 0 aliphatic rings. The molecule has 0 saturated heterocycles. The normalized spacial score (nSPS) is 10.4. The second-order valence-corrected chi connectivity index (χ2v) is 4.28. The number of rotatable bonds is 4. The Morgan fingerprint density at radius 1 is 1.22 bits per heavy atom. The number of nitrogens with zero attached hydrogens (tertiary/aromatic N) is 3. The zero-order valence-electron chi connectivity index (χ0n) is 10.8. The standard InChI is InChI=1S/C14H18N4/c1-11-10-16-14(18(2)9-8-15)17-13(11)12-6-4-3-5-7-12/h3-7,10H,8-9,15H2,1-2H3. The Kier molecular flexibility index (Phi) is 3.89. The van der Waals surface area contributed by atoms with Gasteiger partial charge in [0.05, 0.1) is 5.69 Å². The van der Waals surface area contributed by atoms with E-state index in [0.29, 0.717) is 12.5 Å². The Labute approximate surface area is 107 Å². The maximum absolute atomic E-state index is 5.55. The predicted octanol–water partition coefficient (Wildman–Crippen LogP) is 1.85. The van der Waals surface area contributed by atoms with E-state index in [0.717, 1.165) is 23.4 Å². The first kappa shape index (κ1) is 12.5. The highest BCUT2D eigenvalue weighted by molar-refractivity contribution is 5.63. The van der Waals surface area contributed by atoms with Crippen molar-refractivity contribution in [3.8, 4) is 11.3 Å². The summed E-state index contributed by atoms with van der Waals surface area (Å²) in [5, 5.41) is 0. The number of hydrogen-bond donors (Lipinski definition) is 1. The molecular formula is C14H18N4. The molecule has 0 radical (unpaired) electrons. The molecule has 4 heteroatoms. The summed E-state index contributed by atoms with van der Waals surface area (Å²) in [6.07, 6.45) is 1.86. The quantitative estimate of drug-likeness (QED) is 0.889. The first-order valence-corrected chi connectivity index (χ1v) is 6.02. The lowest BCUT2D eigenvalue weighted by atomic mass is 10.1. The molecule has 94 valence electrons. The van der Waals surface area contributed by atoms with Gasteiger partial charge in [-0.05, 0) is 12.5 Å². The highest BCUT2D eigenvalue weighted by Gasteiger charge is 2.08. The fraction of sp³-hybridized carbons (Fsp3) is 0.286. The van der Waals surface area contributed by atoms with Crippen molar-refractivity contribution in [2.24, 2.45) is 5.73 Å². The zero-order chi connectivity index (χ0) is 13.0. The molecule has 2 aromatic rings. The van der Waals surface area contributed by atoms with Gasteiger partial charge in [-0.25, -0.2) is 9.97 Å². The molecule has 0 fully saturated rings. The fourth-order valence-corrected chi connectivity index (χ4v) is 1.80. The summed E-state index contributed by atoms with van der Waals surface area (Å²) >= 11 is 0. The van der Waals surface area contributed by atoms with E-state index in [4.69, 9.17) is 5.73 Å². The third-order valence-corrected chi connectivity index (χ3v) is 2.81. The molecule has 0 aliphatic carbocycles. The maximum atomic E-state index is 5.55. The van der Waals surface area contributed by atoms with E-state index in [9.17, 15) is 0 Å². The SMILES string of the molecule is Cc1cnc(N(C)CCN)nc1-c1ccccc1. The van der Waals surface area contributed by atoms with Gasteiger partial charge in [0.15, 0.2) is 0 Å². The summed E-state index contributed by atoms with van der Waals surface area (Å²) in [5.74, 6) is 0.713. The first-order chi connectivity index (χ1) is 8.72. The van der Waals surface area contributed by atoms with Gasteiger partial charge in [0.2, 0.25) is 5.95 Å². The number of hydrogen-bond acceptors (Lipinski definition) is 4. The fourth-order valence-electron chi connectivity index (χ4n) is 1.80. The molecule has 0 aliphatic heterocycles. The summed E-state index contributed by atoms with van der Waals surface area (Å²) in [7, 11) is 1.95. The van der Waals surface area contributed by atoms with Gasteiger partial charge in [0.25, 0.3) is 0 Å². The summed E-state index contributed by atoms with van der Waals surface area (Å²) in [6, 6.07) is 10.1. The van der Waals surface area contributed by atoms with Gasteiger partial charge < -0.3 is 10.6 Å². The van der Waals surface area contributed by atoms with Crippen molar-refractivity contribution in [1.29, 1.82) is 0 Å². The van der Waals surface area contributed by atoms with Crippen LogP contribution in [0.2, 0.25) is 0 Å². The van der Waals surface area contributed by atoms with Crippen molar-refractivity contribution in [3.05, 3.63) is 42.1 Å². The number of nitrogens with two attached hydrogens (primary N) is 1. The van der Waals surface area contributed by atoms with Gasteiger partial charge in [-0.3, -0.25) is 0 Å². The third kappa shape index (κ3) is 2.65. The topological polar surface area (TPSA) is 55.0 Å². The van der Waals surface area contributed by atoms with Crippen LogP contribution in [-0.2, 0) is 0 Å². The minimum atomic E-state index is 0.592. The van der Waals surface area contributed by atoms with Crippen LogP contribution in [0.3, 0.4) is 0 Å². The molecule has 0 amide bonds. The molecule has 1 aromatic heterocycles. The average molecular weight is 242 g/mol. The number of aryl methyl sites for hydroxylation is 1. The Hall–Kier alpha value is -1.94. The monoisotopic (exact) mass is 242 g/mol. The molecule has 0 atom stereocenters. The zero-order valence-corrected chi connectivity index (χ0v) is 10.8. The summed E-state index contributed by atoms with van der Waals surface area (Å²) in [4.78, 5) is 10.9. The van der Waals surface area contributed by atoms with Crippen LogP contribution in [0.5, 0.6) is 0 Å². The Morgan fingerprint density at radius 2 is 1.94 bits per heavy atom. The molecule has 4 nitrogen and oxygen atoms in total. The van der Waals surface area contributed by atoms with Crippen LogP contribution in [0.4, 0.5) is 5.95 Å². The molecule has 1 heterocycles. The summed E-state index contributed by atoms with van der Waals surface area (Å²) in [5.41, 5.74) is 8.71. The number of anilines is 1. The van der Waals surface area contributed by atoms with Crippen LogP contribution in [0.25, 0.3) is 11.3 Å². The maximum Gasteiger partial charge on any atom is 0.225 e. The average Bonchev–Trinajstić information content (AvgIpc) is 2.40. The largest absolute Gasteiger partial charge is 0.343 e. The summed E-state index contributed by atoms with van der Waals surface area (Å²) in [6.45, 7) is 3.36. The molecule has 0 unspecified atom stereocenters. The third-order valence-electron chi connectivity index (χ3n) is 2.81. The second-order valence-electron chi connectivity index (χ2n) is 4.28. The minimum absolute atomic E-state index is 0.592. The molecule has 0 spiro atoms. The van der Waals surface area contributed by atoms with E-state index in [1.165, 1.54) is 0 Å². The van der Waals surface area contributed by atoms with Crippen LogP contribution in [0.1, 0.15) is 5.56 Å². The first-order valence-electron chi connectivity index (χ1n) is 6.02. The smallest absolute Gasteiger partial charge is 0.225 e. The van der Waals surface area contributed by atoms with E-state index >= 15 is 0 Å². The van der Waals surface area contributed by atoms with Gasteiger partial charge in [-0.15, -0.1) is 0 Å². The van der Waals surface area contributed by atoms with E-state index in [2.05, 4.69) is 22.1 Å². The van der Waals surface area contributed by atoms with Crippen LogP contribution >= 0.6 is 0 Å². The summed E-state index contributed by atoms with van der Waals surface area (Å²) < 4.78 is 0. The minimum Gasteiger partial charge on any atom is -0.343 e. The molecule has 0 bridgehead atoms. The van der Waals surface area contributed by atoms with Crippen LogP contribution < -0.4 is 10.6 Å². The van der Waals surface area contributed by atoms with Crippen molar-refractivity contribution in [1.82, 2.24) is 9.97 Å². The van der Waals surface area contributed by atoms with Crippen LogP contribution in [0.15, 0.2) is 36.5 Å². The molecule has 18 heavy (non-hydrogen) atoms. The lowest BCUT2D eigenvalue weighted by Gasteiger charge is -2.17. The lowest BCUT2D eigenvalue weighted by Crippen LogP contribution is -2.26. The van der Waals surface area contributed by atoms with Gasteiger partial charge in [-0.2, -0.15) is 0 Å².